The van der Waals surface area contributed by atoms with Crippen LogP contribution in [0.4, 0.5) is 0 Å². The fourth-order valence-corrected chi connectivity index (χ4v) is 1.88. The Morgan fingerprint density at radius 2 is 2.24 bits per heavy atom. The van der Waals surface area contributed by atoms with E-state index in [4.69, 9.17) is 15.2 Å². The van der Waals surface area contributed by atoms with Gasteiger partial charge in [0.05, 0.1) is 25.1 Å². The van der Waals surface area contributed by atoms with E-state index in [1.165, 1.54) is 0 Å². The minimum atomic E-state index is 0.0205. The van der Waals surface area contributed by atoms with Gasteiger partial charge in [-0.3, -0.25) is 4.98 Å². The zero-order valence-electron chi connectivity index (χ0n) is 10.3. The molecule has 0 aromatic carbocycles. The van der Waals surface area contributed by atoms with Gasteiger partial charge in [-0.25, -0.2) is 0 Å². The second-order valence-electron chi connectivity index (χ2n) is 4.36. The molecule has 0 amide bonds. The van der Waals surface area contributed by atoms with Crippen LogP contribution in [0.5, 0.6) is 5.75 Å². The molecule has 1 aromatic heterocycles. The maximum atomic E-state index is 5.91. The summed E-state index contributed by atoms with van der Waals surface area (Å²) in [5, 5.41) is 0. The van der Waals surface area contributed by atoms with Crippen LogP contribution in [0.1, 0.15) is 37.9 Å². The second-order valence-corrected chi connectivity index (χ2v) is 4.36. The molecular weight excluding hydrogens is 216 g/mol. The molecule has 4 nitrogen and oxygen atoms in total. The largest absolute Gasteiger partial charge is 0.489 e. The molecule has 2 heterocycles. The van der Waals surface area contributed by atoms with E-state index < -0.39 is 0 Å². The predicted octanol–water partition coefficient (Wildman–Crippen LogP) is 2.05. The number of hydrogen-bond acceptors (Lipinski definition) is 4. The van der Waals surface area contributed by atoms with Gasteiger partial charge in [-0.2, -0.15) is 0 Å². The van der Waals surface area contributed by atoms with Crippen LogP contribution in [0.3, 0.4) is 0 Å². The third-order valence-electron chi connectivity index (χ3n) is 3.05. The number of nitrogens with zero attached hydrogens (tertiary/aromatic N) is 1. The molecule has 1 aliphatic rings. The molecule has 0 bridgehead atoms. The molecule has 2 N–H and O–H groups in total. The topological polar surface area (TPSA) is 57.4 Å². The van der Waals surface area contributed by atoms with Gasteiger partial charge < -0.3 is 15.2 Å². The van der Waals surface area contributed by atoms with E-state index in [-0.39, 0.29) is 12.1 Å². The fourth-order valence-electron chi connectivity index (χ4n) is 1.88. The molecule has 94 valence electrons. The highest BCUT2D eigenvalue weighted by molar-refractivity contribution is 5.21. The van der Waals surface area contributed by atoms with Gasteiger partial charge in [0.2, 0.25) is 0 Å². The lowest BCUT2D eigenvalue weighted by atomic mass is 10.1. The van der Waals surface area contributed by atoms with Crippen LogP contribution < -0.4 is 10.5 Å². The monoisotopic (exact) mass is 236 g/mol. The van der Waals surface area contributed by atoms with Crippen LogP contribution >= 0.6 is 0 Å². The molecule has 1 aliphatic heterocycles. The molecule has 1 aromatic rings. The first kappa shape index (κ1) is 12.3. The zero-order chi connectivity index (χ0) is 12.1. The smallest absolute Gasteiger partial charge is 0.138 e. The molecule has 17 heavy (non-hydrogen) atoms. The Morgan fingerprint density at radius 1 is 1.47 bits per heavy atom. The minimum absolute atomic E-state index is 0.0205. The highest BCUT2D eigenvalue weighted by atomic mass is 16.5. The van der Waals surface area contributed by atoms with Gasteiger partial charge in [0.15, 0.2) is 0 Å². The summed E-state index contributed by atoms with van der Waals surface area (Å²) in [4.78, 5) is 4.33. The van der Waals surface area contributed by atoms with Crippen molar-refractivity contribution in [2.45, 2.75) is 38.3 Å². The molecule has 1 fully saturated rings. The van der Waals surface area contributed by atoms with Crippen LogP contribution in [0, 0.1) is 0 Å². The van der Waals surface area contributed by atoms with Gasteiger partial charge in [-0.15, -0.1) is 0 Å². The Bertz CT molecular complexity index is 334. The third-order valence-corrected chi connectivity index (χ3v) is 3.05. The lowest BCUT2D eigenvalue weighted by Gasteiger charge is -2.23. The summed E-state index contributed by atoms with van der Waals surface area (Å²) >= 11 is 0. The van der Waals surface area contributed by atoms with Crippen molar-refractivity contribution in [3.63, 3.8) is 0 Å². The average Bonchev–Trinajstić information content (AvgIpc) is 2.40. The lowest BCUT2D eigenvalue weighted by Crippen LogP contribution is -2.25. The number of nitrogens with two attached hydrogens (primary N) is 1. The highest BCUT2D eigenvalue weighted by Crippen LogP contribution is 2.19. The molecule has 1 atom stereocenters. The Kier molecular flexibility index (Phi) is 4.34. The van der Waals surface area contributed by atoms with E-state index in [0.29, 0.717) is 0 Å². The van der Waals surface area contributed by atoms with Gasteiger partial charge in [0.25, 0.3) is 0 Å². The van der Waals surface area contributed by atoms with E-state index in [1.54, 1.807) is 6.20 Å². The highest BCUT2D eigenvalue weighted by Gasteiger charge is 2.15. The Labute approximate surface area is 102 Å². The van der Waals surface area contributed by atoms with Crippen LogP contribution in [0.25, 0.3) is 0 Å². The van der Waals surface area contributed by atoms with Crippen molar-refractivity contribution in [1.29, 1.82) is 0 Å². The Hall–Kier alpha value is -1.13. The number of hydrogen-bond donors (Lipinski definition) is 1. The zero-order valence-corrected chi connectivity index (χ0v) is 10.3. The lowest BCUT2D eigenvalue weighted by molar-refractivity contribution is 0.0254. The number of pyridine rings is 1. The normalized spacial score (nSPS) is 18.9. The van der Waals surface area contributed by atoms with Crippen molar-refractivity contribution >= 4 is 0 Å². The summed E-state index contributed by atoms with van der Waals surface area (Å²) in [5.41, 5.74) is 6.83. The van der Waals surface area contributed by atoms with Crippen LogP contribution in [-0.4, -0.2) is 24.3 Å². The first-order chi connectivity index (χ1) is 8.29. The van der Waals surface area contributed by atoms with E-state index in [2.05, 4.69) is 11.9 Å². The number of rotatable bonds is 4. The van der Waals surface area contributed by atoms with Crippen LogP contribution in [0.15, 0.2) is 18.3 Å². The van der Waals surface area contributed by atoms with Gasteiger partial charge in [-0.1, -0.05) is 6.92 Å². The summed E-state index contributed by atoms with van der Waals surface area (Å²) in [6.07, 6.45) is 4.83. The minimum Gasteiger partial charge on any atom is -0.489 e. The van der Waals surface area contributed by atoms with Crippen molar-refractivity contribution in [2.75, 3.05) is 13.2 Å². The van der Waals surface area contributed by atoms with E-state index >= 15 is 0 Å². The molecule has 0 saturated carbocycles. The molecule has 1 saturated heterocycles. The Morgan fingerprint density at radius 3 is 2.82 bits per heavy atom. The summed E-state index contributed by atoms with van der Waals surface area (Å²) in [7, 11) is 0. The molecule has 0 spiro atoms. The van der Waals surface area contributed by atoms with Gasteiger partial charge >= 0.3 is 0 Å². The van der Waals surface area contributed by atoms with E-state index in [1.807, 2.05) is 12.1 Å². The maximum absolute atomic E-state index is 5.91. The van der Waals surface area contributed by atoms with Crippen molar-refractivity contribution in [2.24, 2.45) is 5.73 Å². The first-order valence-electron chi connectivity index (χ1n) is 6.25. The Balaban J connectivity index is 1.93. The molecule has 4 heteroatoms. The third kappa shape index (κ3) is 3.41. The molecule has 0 radical (unpaired) electrons. The van der Waals surface area contributed by atoms with Crippen molar-refractivity contribution in [1.82, 2.24) is 4.98 Å². The fraction of sp³-hybridized carbons (Fsp3) is 0.615. The standard InChI is InChI=1S/C13H20N2O2/c1-2-12(14)13-4-3-11(9-15-13)17-10-5-7-16-8-6-10/h3-4,9-10,12H,2,5-8,14H2,1H3/t12-/m1/s1. The molecule has 0 unspecified atom stereocenters. The summed E-state index contributed by atoms with van der Waals surface area (Å²) in [6.45, 7) is 3.63. The maximum Gasteiger partial charge on any atom is 0.138 e. The molecule has 0 aliphatic carbocycles. The molecule has 2 rings (SSSR count). The van der Waals surface area contributed by atoms with Crippen LogP contribution in [0.2, 0.25) is 0 Å². The molecular formula is C13H20N2O2. The van der Waals surface area contributed by atoms with Gasteiger partial charge in [0, 0.05) is 18.9 Å². The van der Waals surface area contributed by atoms with Crippen molar-refractivity contribution < 1.29 is 9.47 Å². The summed E-state index contributed by atoms with van der Waals surface area (Å²) in [6, 6.07) is 3.92. The number of aromatic nitrogens is 1. The van der Waals surface area contributed by atoms with Crippen molar-refractivity contribution in [3.8, 4) is 5.75 Å². The number of ether oxygens (including phenoxy) is 2. The summed E-state index contributed by atoms with van der Waals surface area (Å²) < 4.78 is 11.1. The average molecular weight is 236 g/mol. The van der Waals surface area contributed by atoms with Gasteiger partial charge in [0.1, 0.15) is 11.9 Å². The van der Waals surface area contributed by atoms with E-state index in [9.17, 15) is 0 Å². The second kappa shape index (κ2) is 5.98. The first-order valence-corrected chi connectivity index (χ1v) is 6.25. The van der Waals surface area contributed by atoms with Crippen LogP contribution in [-0.2, 0) is 4.74 Å². The van der Waals surface area contributed by atoms with Crippen molar-refractivity contribution in [3.05, 3.63) is 24.0 Å². The predicted molar refractivity (Wildman–Crippen MR) is 65.9 cm³/mol. The van der Waals surface area contributed by atoms with Gasteiger partial charge in [-0.05, 0) is 18.6 Å². The van der Waals surface area contributed by atoms with E-state index in [0.717, 1.165) is 43.9 Å². The SMILES string of the molecule is CC[C@@H](N)c1ccc(OC2CCOCC2)cn1. The quantitative estimate of drug-likeness (QED) is 0.869. The summed E-state index contributed by atoms with van der Waals surface area (Å²) in [5.74, 6) is 0.823.